The van der Waals surface area contributed by atoms with Crippen molar-refractivity contribution in [3.05, 3.63) is 131 Å². The highest BCUT2D eigenvalue weighted by molar-refractivity contribution is 14.1. The van der Waals surface area contributed by atoms with Crippen molar-refractivity contribution in [2.24, 2.45) is 4.99 Å². The summed E-state index contributed by atoms with van der Waals surface area (Å²) in [5.41, 5.74) is 1.48. The van der Waals surface area contributed by atoms with E-state index in [9.17, 15) is 24.1 Å². The Bertz CT molecular complexity index is 2000. The number of ether oxygens (including phenoxy) is 2. The monoisotopic (exact) mass is 839 g/mol. The van der Waals surface area contributed by atoms with E-state index in [1.165, 1.54) is 28.8 Å². The van der Waals surface area contributed by atoms with Crippen LogP contribution in [0.2, 0.25) is 0 Å². The molecule has 13 heteroatoms. The number of carbonyl (C=O) groups is 1. The largest absolute Gasteiger partial charge is 0.487 e. The minimum absolute atomic E-state index is 0.0647. The zero-order chi connectivity index (χ0) is 31.7. The summed E-state index contributed by atoms with van der Waals surface area (Å²) >= 11 is 5.43. The first-order valence-corrected chi connectivity index (χ1v) is 16.2. The number of hydrogen-bond acceptors (Lipinski definition) is 8. The molecule has 0 aliphatic carbocycles. The third-order valence-corrected chi connectivity index (χ3v) is 9.21. The van der Waals surface area contributed by atoms with Crippen molar-refractivity contribution < 1.29 is 23.6 Å². The van der Waals surface area contributed by atoms with Crippen molar-refractivity contribution in [2.45, 2.75) is 39.5 Å². The maximum atomic E-state index is 14.1. The molecule has 1 atom stereocenters. The van der Waals surface area contributed by atoms with E-state index in [1.807, 2.05) is 12.1 Å². The Morgan fingerprint density at radius 1 is 1.16 bits per heavy atom. The second-order valence-electron chi connectivity index (χ2n) is 10.1. The SMILES string of the molecule is CC1=C(C(=O)OC(C)C)[C@H](c2cccc([N+](=O)[O-])c2)n2c(s/c(=C/c3cc(I)c(OCc4ccccc4F)c(I)c3)c2=O)=N1. The van der Waals surface area contributed by atoms with Crippen molar-refractivity contribution in [3.8, 4) is 5.75 Å². The van der Waals surface area contributed by atoms with Crippen LogP contribution in [-0.4, -0.2) is 21.6 Å². The van der Waals surface area contributed by atoms with Crippen LogP contribution in [0.25, 0.3) is 6.08 Å². The van der Waals surface area contributed by atoms with E-state index in [4.69, 9.17) is 9.47 Å². The zero-order valence-electron chi connectivity index (χ0n) is 23.5. The molecule has 44 heavy (non-hydrogen) atoms. The highest BCUT2D eigenvalue weighted by Crippen LogP contribution is 2.33. The molecule has 0 amide bonds. The van der Waals surface area contributed by atoms with Crippen LogP contribution in [0.1, 0.15) is 43.5 Å². The van der Waals surface area contributed by atoms with E-state index < -0.39 is 28.6 Å². The van der Waals surface area contributed by atoms with Crippen LogP contribution in [0.15, 0.2) is 81.7 Å². The van der Waals surface area contributed by atoms with Gasteiger partial charge in [0.2, 0.25) is 0 Å². The van der Waals surface area contributed by atoms with Gasteiger partial charge in [0.1, 0.15) is 18.2 Å². The van der Waals surface area contributed by atoms with Crippen LogP contribution in [0.4, 0.5) is 10.1 Å². The third kappa shape index (κ3) is 6.63. The number of thiazole rings is 1. The van der Waals surface area contributed by atoms with Gasteiger partial charge in [-0.1, -0.05) is 41.7 Å². The minimum atomic E-state index is -0.978. The van der Waals surface area contributed by atoms with Crippen LogP contribution >= 0.6 is 56.5 Å². The Morgan fingerprint density at radius 2 is 1.86 bits per heavy atom. The molecule has 5 rings (SSSR count). The quantitative estimate of drug-likeness (QED) is 0.0929. The number of fused-ring (bicyclic) bond motifs is 1. The molecule has 1 aromatic heterocycles. The van der Waals surface area contributed by atoms with E-state index in [1.54, 1.807) is 51.1 Å². The summed E-state index contributed by atoms with van der Waals surface area (Å²) in [7, 11) is 0. The Morgan fingerprint density at radius 3 is 2.52 bits per heavy atom. The first-order chi connectivity index (χ1) is 20.9. The number of rotatable bonds is 8. The molecular weight excluding hydrogens is 815 g/mol. The lowest BCUT2D eigenvalue weighted by Gasteiger charge is -2.25. The van der Waals surface area contributed by atoms with Gasteiger partial charge in [0, 0.05) is 17.7 Å². The summed E-state index contributed by atoms with van der Waals surface area (Å²) in [6, 6.07) is 15.0. The summed E-state index contributed by atoms with van der Waals surface area (Å²) in [6.45, 7) is 5.15. The summed E-state index contributed by atoms with van der Waals surface area (Å²) in [5.74, 6) is -0.395. The van der Waals surface area contributed by atoms with Gasteiger partial charge in [-0.2, -0.15) is 0 Å². The summed E-state index contributed by atoms with van der Waals surface area (Å²) in [6.07, 6.45) is 1.30. The number of esters is 1. The van der Waals surface area contributed by atoms with Gasteiger partial charge in [0.05, 0.1) is 40.0 Å². The zero-order valence-corrected chi connectivity index (χ0v) is 28.7. The van der Waals surface area contributed by atoms with Gasteiger partial charge in [0.15, 0.2) is 4.80 Å². The smallest absolute Gasteiger partial charge is 0.338 e. The van der Waals surface area contributed by atoms with Crippen LogP contribution in [-0.2, 0) is 16.1 Å². The standard InChI is InChI=1S/C31H24FI2N3O6S/c1-16(2)43-30(39)26-17(3)35-31-36(27(26)19-8-6-9-21(14-19)37(40)41)29(38)25(44-31)13-18-11-23(33)28(24(34)12-18)42-15-20-7-4-5-10-22(20)32/h4-14,16,27H,15H2,1-3H3/b25-13+/t27-/m0/s1. The van der Waals surface area contributed by atoms with E-state index in [0.29, 0.717) is 31.9 Å². The molecule has 4 aromatic rings. The lowest BCUT2D eigenvalue weighted by atomic mass is 9.95. The lowest BCUT2D eigenvalue weighted by Crippen LogP contribution is -2.40. The number of nitro benzene ring substituents is 1. The number of allylic oxidation sites excluding steroid dienone is 1. The molecule has 0 unspecified atom stereocenters. The van der Waals surface area contributed by atoms with Crippen molar-refractivity contribution in [2.75, 3.05) is 0 Å². The molecular formula is C31H24FI2N3O6S. The number of benzene rings is 3. The van der Waals surface area contributed by atoms with Crippen molar-refractivity contribution in [1.82, 2.24) is 4.57 Å². The highest BCUT2D eigenvalue weighted by Gasteiger charge is 2.34. The molecule has 0 bridgehead atoms. The fourth-order valence-electron chi connectivity index (χ4n) is 4.70. The molecule has 0 saturated heterocycles. The number of aromatic nitrogens is 1. The molecule has 1 aliphatic heterocycles. The molecule has 9 nitrogen and oxygen atoms in total. The van der Waals surface area contributed by atoms with Gasteiger partial charge in [-0.05, 0) is 101 Å². The number of carbonyl (C=O) groups excluding carboxylic acids is 1. The Labute approximate surface area is 282 Å². The van der Waals surface area contributed by atoms with Gasteiger partial charge in [-0.15, -0.1) is 0 Å². The second kappa shape index (κ2) is 13.3. The number of hydrogen-bond donors (Lipinski definition) is 0. The van der Waals surface area contributed by atoms with Gasteiger partial charge >= 0.3 is 5.97 Å². The summed E-state index contributed by atoms with van der Waals surface area (Å²) in [5, 5.41) is 11.6. The molecule has 0 radical (unpaired) electrons. The maximum Gasteiger partial charge on any atom is 0.338 e. The number of halogens is 3. The summed E-state index contributed by atoms with van der Waals surface area (Å²) < 4.78 is 28.8. The number of nitro groups is 1. The minimum Gasteiger partial charge on any atom is -0.487 e. The van der Waals surface area contributed by atoms with Gasteiger partial charge in [0.25, 0.3) is 11.2 Å². The molecule has 3 aromatic carbocycles. The van der Waals surface area contributed by atoms with Crippen LogP contribution in [0.5, 0.6) is 5.75 Å². The van der Waals surface area contributed by atoms with E-state index in [2.05, 4.69) is 50.2 Å². The third-order valence-electron chi connectivity index (χ3n) is 6.63. The Hall–Kier alpha value is -3.44. The van der Waals surface area contributed by atoms with Crippen LogP contribution in [0, 0.1) is 23.1 Å². The predicted octanol–water partition coefficient (Wildman–Crippen LogP) is 6.02. The average molecular weight is 839 g/mol. The maximum absolute atomic E-state index is 14.1. The van der Waals surface area contributed by atoms with E-state index >= 15 is 0 Å². The predicted molar refractivity (Wildman–Crippen MR) is 181 cm³/mol. The van der Waals surface area contributed by atoms with Crippen molar-refractivity contribution >= 4 is 74.3 Å². The normalized spacial score (nSPS) is 14.8. The molecule has 2 heterocycles. The van der Waals surface area contributed by atoms with Crippen LogP contribution < -0.4 is 19.6 Å². The van der Waals surface area contributed by atoms with Gasteiger partial charge in [-0.3, -0.25) is 19.5 Å². The Balaban J connectivity index is 1.58. The van der Waals surface area contributed by atoms with Crippen molar-refractivity contribution in [3.63, 3.8) is 0 Å². The highest BCUT2D eigenvalue weighted by atomic mass is 127. The molecule has 0 N–H and O–H groups in total. The molecule has 0 spiro atoms. The Kier molecular flexibility index (Phi) is 9.65. The molecule has 0 fully saturated rings. The summed E-state index contributed by atoms with van der Waals surface area (Å²) in [4.78, 5) is 43.2. The van der Waals surface area contributed by atoms with E-state index in [0.717, 1.165) is 24.0 Å². The second-order valence-corrected chi connectivity index (χ2v) is 13.4. The van der Waals surface area contributed by atoms with Gasteiger partial charge < -0.3 is 9.47 Å². The fraction of sp³-hybridized carbons (Fsp3) is 0.194. The lowest BCUT2D eigenvalue weighted by molar-refractivity contribution is -0.384. The fourth-order valence-corrected chi connectivity index (χ4v) is 7.88. The first-order valence-electron chi connectivity index (χ1n) is 13.3. The number of non-ortho nitro benzene ring substituents is 1. The first kappa shape index (κ1) is 32.0. The topological polar surface area (TPSA) is 113 Å². The van der Waals surface area contributed by atoms with Crippen LogP contribution in [0.3, 0.4) is 0 Å². The molecule has 0 saturated carbocycles. The average Bonchev–Trinajstić information content (AvgIpc) is 3.26. The van der Waals surface area contributed by atoms with Crippen molar-refractivity contribution in [1.29, 1.82) is 0 Å². The molecule has 226 valence electrons. The number of nitrogens with zero attached hydrogens (tertiary/aromatic N) is 3. The van der Waals surface area contributed by atoms with Gasteiger partial charge in [-0.25, -0.2) is 14.2 Å². The molecule has 1 aliphatic rings. The van der Waals surface area contributed by atoms with E-state index in [-0.39, 0.29) is 23.7 Å².